The molecule has 0 amide bonds. The van der Waals surface area contributed by atoms with Crippen molar-refractivity contribution in [1.29, 1.82) is 0 Å². The lowest BCUT2D eigenvalue weighted by atomic mass is 9.91. The van der Waals surface area contributed by atoms with Crippen LogP contribution in [0.25, 0.3) is 0 Å². The van der Waals surface area contributed by atoms with Crippen LogP contribution in [0.2, 0.25) is 0 Å². The van der Waals surface area contributed by atoms with Gasteiger partial charge in [-0.05, 0) is 31.2 Å². The van der Waals surface area contributed by atoms with Crippen molar-refractivity contribution in [2.75, 3.05) is 20.8 Å². The predicted octanol–water partition coefficient (Wildman–Crippen LogP) is 1.23. The second-order valence-corrected chi connectivity index (χ2v) is 4.27. The molecule has 0 aromatic heterocycles. The van der Waals surface area contributed by atoms with Gasteiger partial charge in [-0.1, -0.05) is 0 Å². The standard InChI is InChI=1S/C13H17NO4/c1-17-8-3-4-11(18-2)10(7-8)9-5-6-14-12(9)13(15)16/h3-4,7,9,12,14H,5-6H2,1-2H3,(H,15,16). The molecule has 5 heteroatoms. The topological polar surface area (TPSA) is 67.8 Å². The molecule has 0 saturated carbocycles. The molecule has 98 valence electrons. The lowest BCUT2D eigenvalue weighted by Crippen LogP contribution is -2.34. The zero-order valence-electron chi connectivity index (χ0n) is 10.5. The molecule has 1 aliphatic rings. The number of carbonyl (C=O) groups is 1. The Bertz CT molecular complexity index is 447. The summed E-state index contributed by atoms with van der Waals surface area (Å²) in [6.07, 6.45) is 0.778. The van der Waals surface area contributed by atoms with Gasteiger partial charge in [0.1, 0.15) is 17.5 Å². The fourth-order valence-corrected chi connectivity index (χ4v) is 2.43. The summed E-state index contributed by atoms with van der Waals surface area (Å²) in [5.41, 5.74) is 0.884. The molecule has 0 radical (unpaired) electrons. The number of hydrogen-bond acceptors (Lipinski definition) is 4. The summed E-state index contributed by atoms with van der Waals surface area (Å²) in [6, 6.07) is 4.91. The highest BCUT2D eigenvalue weighted by molar-refractivity contribution is 5.76. The molecule has 0 bridgehead atoms. The van der Waals surface area contributed by atoms with Crippen molar-refractivity contribution in [3.63, 3.8) is 0 Å². The van der Waals surface area contributed by atoms with E-state index in [2.05, 4.69) is 5.32 Å². The molecule has 2 unspecified atom stereocenters. The van der Waals surface area contributed by atoms with Gasteiger partial charge in [0.15, 0.2) is 0 Å². The van der Waals surface area contributed by atoms with Crippen LogP contribution >= 0.6 is 0 Å². The normalized spacial score (nSPS) is 22.8. The Kier molecular flexibility index (Phi) is 3.72. The van der Waals surface area contributed by atoms with E-state index in [1.54, 1.807) is 20.3 Å². The number of carboxylic acid groups (broad SMARTS) is 1. The summed E-state index contributed by atoms with van der Waals surface area (Å²) < 4.78 is 10.5. The van der Waals surface area contributed by atoms with Crippen LogP contribution in [0.15, 0.2) is 18.2 Å². The molecule has 1 heterocycles. The van der Waals surface area contributed by atoms with Gasteiger partial charge in [-0.3, -0.25) is 4.79 Å². The van der Waals surface area contributed by atoms with E-state index in [1.165, 1.54) is 0 Å². The molecule has 1 aliphatic heterocycles. The Morgan fingerprint density at radius 3 is 2.78 bits per heavy atom. The minimum absolute atomic E-state index is 0.0902. The van der Waals surface area contributed by atoms with Crippen LogP contribution in [0, 0.1) is 0 Å². The number of carboxylic acids is 1. The molecule has 1 fully saturated rings. The van der Waals surface area contributed by atoms with Crippen molar-refractivity contribution in [2.24, 2.45) is 0 Å². The maximum atomic E-state index is 11.2. The van der Waals surface area contributed by atoms with E-state index in [4.69, 9.17) is 9.47 Å². The molecule has 18 heavy (non-hydrogen) atoms. The Balaban J connectivity index is 2.38. The van der Waals surface area contributed by atoms with E-state index in [0.29, 0.717) is 18.0 Å². The lowest BCUT2D eigenvalue weighted by Gasteiger charge is -2.19. The summed E-state index contributed by atoms with van der Waals surface area (Å²) in [4.78, 5) is 11.2. The summed E-state index contributed by atoms with van der Waals surface area (Å²) >= 11 is 0. The van der Waals surface area contributed by atoms with Crippen LogP contribution in [0.5, 0.6) is 11.5 Å². The van der Waals surface area contributed by atoms with Crippen molar-refractivity contribution in [1.82, 2.24) is 5.32 Å². The first kappa shape index (κ1) is 12.7. The van der Waals surface area contributed by atoms with Crippen LogP contribution < -0.4 is 14.8 Å². The van der Waals surface area contributed by atoms with Crippen LogP contribution in [0.3, 0.4) is 0 Å². The van der Waals surface area contributed by atoms with E-state index >= 15 is 0 Å². The highest BCUT2D eigenvalue weighted by atomic mass is 16.5. The lowest BCUT2D eigenvalue weighted by molar-refractivity contribution is -0.139. The van der Waals surface area contributed by atoms with E-state index in [0.717, 1.165) is 12.0 Å². The van der Waals surface area contributed by atoms with Crippen molar-refractivity contribution >= 4 is 5.97 Å². The molecule has 2 rings (SSSR count). The molecule has 2 N–H and O–H groups in total. The number of hydrogen-bond donors (Lipinski definition) is 2. The molecular formula is C13H17NO4. The monoisotopic (exact) mass is 251 g/mol. The fraction of sp³-hybridized carbons (Fsp3) is 0.462. The van der Waals surface area contributed by atoms with Crippen LogP contribution in [0.4, 0.5) is 0 Å². The molecule has 2 atom stereocenters. The van der Waals surface area contributed by atoms with Gasteiger partial charge < -0.3 is 19.9 Å². The summed E-state index contributed by atoms with van der Waals surface area (Å²) in [5.74, 6) is 0.493. The van der Waals surface area contributed by atoms with Crippen LogP contribution in [0.1, 0.15) is 17.9 Å². The second kappa shape index (κ2) is 5.27. The number of aliphatic carboxylic acids is 1. The number of nitrogens with one attached hydrogen (secondary N) is 1. The maximum Gasteiger partial charge on any atom is 0.321 e. The highest BCUT2D eigenvalue weighted by Gasteiger charge is 2.35. The molecule has 1 aromatic carbocycles. The molecule has 5 nitrogen and oxygen atoms in total. The number of ether oxygens (including phenoxy) is 2. The largest absolute Gasteiger partial charge is 0.497 e. The third-order valence-electron chi connectivity index (χ3n) is 3.32. The van der Waals surface area contributed by atoms with E-state index in [1.807, 2.05) is 12.1 Å². The minimum Gasteiger partial charge on any atom is -0.497 e. The fourth-order valence-electron chi connectivity index (χ4n) is 2.43. The molecule has 1 saturated heterocycles. The van der Waals surface area contributed by atoms with E-state index < -0.39 is 12.0 Å². The first-order valence-corrected chi connectivity index (χ1v) is 5.85. The van der Waals surface area contributed by atoms with Gasteiger partial charge in [-0.2, -0.15) is 0 Å². The maximum absolute atomic E-state index is 11.2. The van der Waals surface area contributed by atoms with Gasteiger partial charge in [0.25, 0.3) is 0 Å². The predicted molar refractivity (Wildman–Crippen MR) is 66.3 cm³/mol. The molecule has 0 aliphatic carbocycles. The number of benzene rings is 1. The van der Waals surface area contributed by atoms with E-state index in [9.17, 15) is 9.90 Å². The Hall–Kier alpha value is -1.75. The summed E-state index contributed by atoms with van der Waals surface area (Å²) in [5, 5.41) is 12.2. The van der Waals surface area contributed by atoms with Gasteiger partial charge in [-0.25, -0.2) is 0 Å². The van der Waals surface area contributed by atoms with Gasteiger partial charge >= 0.3 is 5.97 Å². The zero-order chi connectivity index (χ0) is 13.1. The van der Waals surface area contributed by atoms with Gasteiger partial charge in [0, 0.05) is 11.5 Å². The van der Waals surface area contributed by atoms with Crippen molar-refractivity contribution in [3.8, 4) is 11.5 Å². The molecular weight excluding hydrogens is 234 g/mol. The van der Waals surface area contributed by atoms with Gasteiger partial charge in [0.2, 0.25) is 0 Å². The van der Waals surface area contributed by atoms with Crippen LogP contribution in [-0.2, 0) is 4.79 Å². The first-order valence-electron chi connectivity index (χ1n) is 5.85. The van der Waals surface area contributed by atoms with Gasteiger partial charge in [-0.15, -0.1) is 0 Å². The Labute approximate surface area is 106 Å². The zero-order valence-corrected chi connectivity index (χ0v) is 10.5. The second-order valence-electron chi connectivity index (χ2n) is 4.27. The minimum atomic E-state index is -0.831. The third kappa shape index (κ3) is 2.26. The van der Waals surface area contributed by atoms with Crippen molar-refractivity contribution in [3.05, 3.63) is 23.8 Å². The number of methoxy groups -OCH3 is 2. The number of rotatable bonds is 4. The third-order valence-corrected chi connectivity index (χ3v) is 3.32. The van der Waals surface area contributed by atoms with Crippen LogP contribution in [-0.4, -0.2) is 37.9 Å². The average Bonchev–Trinajstić information content (AvgIpc) is 2.87. The van der Waals surface area contributed by atoms with Crippen molar-refractivity contribution < 1.29 is 19.4 Å². The Morgan fingerprint density at radius 1 is 1.39 bits per heavy atom. The summed E-state index contributed by atoms with van der Waals surface area (Å²) in [6.45, 7) is 0.696. The molecule has 1 aromatic rings. The smallest absolute Gasteiger partial charge is 0.321 e. The summed E-state index contributed by atoms with van der Waals surface area (Å²) in [7, 11) is 3.18. The van der Waals surface area contributed by atoms with E-state index in [-0.39, 0.29) is 5.92 Å². The Morgan fingerprint density at radius 2 is 2.17 bits per heavy atom. The highest BCUT2D eigenvalue weighted by Crippen LogP contribution is 2.36. The first-order chi connectivity index (χ1) is 8.67. The van der Waals surface area contributed by atoms with Crippen molar-refractivity contribution in [2.45, 2.75) is 18.4 Å². The average molecular weight is 251 g/mol. The SMILES string of the molecule is COc1ccc(OC)c(C2CCNC2C(=O)O)c1. The van der Waals surface area contributed by atoms with Gasteiger partial charge in [0.05, 0.1) is 14.2 Å². The quantitative estimate of drug-likeness (QED) is 0.842. The molecule has 0 spiro atoms.